The zero-order chi connectivity index (χ0) is 12.6. The van der Waals surface area contributed by atoms with Crippen LogP contribution in [0.1, 0.15) is 28.5 Å². The molecule has 0 aliphatic heterocycles. The van der Waals surface area contributed by atoms with Crippen molar-refractivity contribution < 1.29 is 9.90 Å². The number of fused-ring (bicyclic) bond motifs is 1. The van der Waals surface area contributed by atoms with Gasteiger partial charge >= 0.3 is 5.97 Å². The molecule has 0 aliphatic carbocycles. The first kappa shape index (κ1) is 10.9. The van der Waals surface area contributed by atoms with E-state index in [4.69, 9.17) is 10.4 Å². The molecular weight excluding hydrogens is 224 g/mol. The summed E-state index contributed by atoms with van der Waals surface area (Å²) in [7, 11) is 0. The highest BCUT2D eigenvalue weighted by atomic mass is 16.4. The fraction of sp³-hybridized carbons (Fsp3) is 0.200. The van der Waals surface area contributed by atoms with Crippen molar-refractivity contribution in [1.82, 2.24) is 14.6 Å². The highest BCUT2D eigenvalue weighted by molar-refractivity contribution is 5.87. The quantitative estimate of drug-likeness (QED) is 0.765. The summed E-state index contributed by atoms with van der Waals surface area (Å²) < 4.78 is 1.07. The topological polar surface area (TPSA) is 111 Å². The van der Waals surface area contributed by atoms with Gasteiger partial charge in [0.1, 0.15) is 11.6 Å². The Morgan fingerprint density at radius 3 is 2.94 bits per heavy atom. The van der Waals surface area contributed by atoms with Crippen LogP contribution in [0.5, 0.6) is 0 Å². The SMILES string of the molecule is CCc1c(C(=O)O)nc2c(C#N)c[nH]n2c1=O. The van der Waals surface area contributed by atoms with Crippen molar-refractivity contribution in [2.24, 2.45) is 0 Å². The molecule has 0 saturated heterocycles. The van der Waals surface area contributed by atoms with Gasteiger partial charge in [0, 0.05) is 6.20 Å². The van der Waals surface area contributed by atoms with Crippen molar-refractivity contribution >= 4 is 11.6 Å². The molecule has 7 heteroatoms. The van der Waals surface area contributed by atoms with Crippen molar-refractivity contribution in [3.8, 4) is 6.07 Å². The van der Waals surface area contributed by atoms with E-state index in [2.05, 4.69) is 10.1 Å². The van der Waals surface area contributed by atoms with E-state index >= 15 is 0 Å². The summed E-state index contributed by atoms with van der Waals surface area (Å²) in [6, 6.07) is 1.83. The lowest BCUT2D eigenvalue weighted by Gasteiger charge is -2.02. The van der Waals surface area contributed by atoms with Crippen LogP contribution in [0, 0.1) is 11.3 Å². The van der Waals surface area contributed by atoms with Gasteiger partial charge in [-0.15, -0.1) is 0 Å². The van der Waals surface area contributed by atoms with E-state index in [0.29, 0.717) is 0 Å². The summed E-state index contributed by atoms with van der Waals surface area (Å²) in [5.74, 6) is -1.27. The predicted molar refractivity (Wildman–Crippen MR) is 56.9 cm³/mol. The van der Waals surface area contributed by atoms with Gasteiger partial charge in [0.2, 0.25) is 0 Å². The van der Waals surface area contributed by atoms with Crippen LogP contribution in [0.15, 0.2) is 11.0 Å². The lowest BCUT2D eigenvalue weighted by molar-refractivity contribution is 0.0689. The number of carboxylic acids is 1. The molecule has 0 fully saturated rings. The maximum Gasteiger partial charge on any atom is 0.355 e. The van der Waals surface area contributed by atoms with E-state index in [9.17, 15) is 9.59 Å². The van der Waals surface area contributed by atoms with Crippen LogP contribution in [-0.4, -0.2) is 25.7 Å². The molecule has 0 saturated carbocycles. The average Bonchev–Trinajstić information content (AvgIpc) is 2.71. The van der Waals surface area contributed by atoms with Crippen molar-refractivity contribution in [2.45, 2.75) is 13.3 Å². The summed E-state index contributed by atoms with van der Waals surface area (Å²) in [4.78, 5) is 26.8. The maximum atomic E-state index is 11.9. The molecule has 2 heterocycles. The van der Waals surface area contributed by atoms with E-state index in [0.717, 1.165) is 4.52 Å². The standard InChI is InChI=1S/C10H8N4O3/c1-2-6-7(10(16)17)13-8-5(3-11)4-12-14(8)9(6)15/h4,12H,2H2,1H3,(H,16,17). The second-order valence-corrected chi connectivity index (χ2v) is 3.36. The molecule has 0 unspecified atom stereocenters. The van der Waals surface area contributed by atoms with Crippen LogP contribution in [-0.2, 0) is 6.42 Å². The summed E-state index contributed by atoms with van der Waals surface area (Å²) in [6.07, 6.45) is 1.58. The second kappa shape index (κ2) is 3.75. The number of carbonyl (C=O) groups is 1. The monoisotopic (exact) mass is 232 g/mol. The Kier molecular flexibility index (Phi) is 2.40. The largest absolute Gasteiger partial charge is 0.476 e. The first-order chi connectivity index (χ1) is 8.10. The number of hydrogen-bond acceptors (Lipinski definition) is 4. The average molecular weight is 232 g/mol. The smallest absolute Gasteiger partial charge is 0.355 e. The first-order valence-corrected chi connectivity index (χ1v) is 4.86. The van der Waals surface area contributed by atoms with Gasteiger partial charge in [-0.05, 0) is 6.42 Å². The Morgan fingerprint density at radius 1 is 1.71 bits per heavy atom. The lowest BCUT2D eigenvalue weighted by Crippen LogP contribution is -2.24. The van der Waals surface area contributed by atoms with Gasteiger partial charge in [0.05, 0.1) is 5.56 Å². The van der Waals surface area contributed by atoms with E-state index in [1.54, 1.807) is 6.92 Å². The fourth-order valence-electron chi connectivity index (χ4n) is 1.63. The molecule has 2 aromatic rings. The van der Waals surface area contributed by atoms with Crippen molar-refractivity contribution in [3.05, 3.63) is 33.4 Å². The van der Waals surface area contributed by atoms with Crippen LogP contribution in [0.3, 0.4) is 0 Å². The molecule has 0 bridgehead atoms. The molecule has 2 N–H and O–H groups in total. The summed E-state index contributed by atoms with van der Waals surface area (Å²) in [6.45, 7) is 1.67. The van der Waals surface area contributed by atoms with Crippen LogP contribution >= 0.6 is 0 Å². The number of aromatic amines is 1. The van der Waals surface area contributed by atoms with Gasteiger partial charge in [-0.3, -0.25) is 9.89 Å². The number of nitrogens with one attached hydrogen (secondary N) is 1. The van der Waals surface area contributed by atoms with Crippen molar-refractivity contribution in [2.75, 3.05) is 0 Å². The van der Waals surface area contributed by atoms with Crippen LogP contribution in [0.4, 0.5) is 0 Å². The molecule has 0 spiro atoms. The summed E-state index contributed by atoms with van der Waals surface area (Å²) in [5.41, 5.74) is -0.509. The molecule has 0 amide bonds. The maximum absolute atomic E-state index is 11.9. The van der Waals surface area contributed by atoms with Crippen LogP contribution < -0.4 is 5.56 Å². The summed E-state index contributed by atoms with van der Waals surface area (Å²) in [5, 5.41) is 20.4. The van der Waals surface area contributed by atoms with E-state index in [1.807, 2.05) is 6.07 Å². The first-order valence-electron chi connectivity index (χ1n) is 4.86. The third-order valence-corrected chi connectivity index (χ3v) is 2.43. The van der Waals surface area contributed by atoms with Gasteiger partial charge in [-0.2, -0.15) is 5.26 Å². The zero-order valence-electron chi connectivity index (χ0n) is 8.89. The number of aromatic carboxylic acids is 1. The van der Waals surface area contributed by atoms with Crippen molar-refractivity contribution in [3.63, 3.8) is 0 Å². The van der Waals surface area contributed by atoms with Gasteiger partial charge in [0.15, 0.2) is 11.3 Å². The Hall–Kier alpha value is -2.62. The number of carboxylic acid groups (broad SMARTS) is 1. The molecule has 0 aromatic carbocycles. The molecule has 86 valence electrons. The number of H-pyrrole nitrogens is 1. The highest BCUT2D eigenvalue weighted by Gasteiger charge is 2.19. The summed E-state index contributed by atoms with van der Waals surface area (Å²) >= 11 is 0. The van der Waals surface area contributed by atoms with Gasteiger partial charge in [-0.1, -0.05) is 6.92 Å². The highest BCUT2D eigenvalue weighted by Crippen LogP contribution is 2.09. The van der Waals surface area contributed by atoms with Crippen LogP contribution in [0.2, 0.25) is 0 Å². The third-order valence-electron chi connectivity index (χ3n) is 2.43. The Bertz CT molecular complexity index is 705. The van der Waals surface area contributed by atoms with E-state index in [1.165, 1.54) is 6.20 Å². The second-order valence-electron chi connectivity index (χ2n) is 3.36. The molecule has 2 rings (SSSR count). The molecule has 7 nitrogen and oxygen atoms in total. The molecule has 2 aromatic heterocycles. The van der Waals surface area contributed by atoms with Gasteiger partial charge in [0.25, 0.3) is 5.56 Å². The molecular formula is C10H8N4O3. The Morgan fingerprint density at radius 2 is 2.41 bits per heavy atom. The van der Waals surface area contributed by atoms with Gasteiger partial charge < -0.3 is 5.11 Å². The minimum atomic E-state index is -1.27. The lowest BCUT2D eigenvalue weighted by atomic mass is 10.2. The minimum Gasteiger partial charge on any atom is -0.476 e. The fourth-order valence-corrected chi connectivity index (χ4v) is 1.63. The van der Waals surface area contributed by atoms with Crippen molar-refractivity contribution in [1.29, 1.82) is 5.26 Å². The van der Waals surface area contributed by atoms with Gasteiger partial charge in [-0.25, -0.2) is 14.3 Å². The Balaban J connectivity index is 2.97. The predicted octanol–water partition coefficient (Wildman–Crippen LogP) is 0.155. The van der Waals surface area contributed by atoms with Crippen LogP contribution in [0.25, 0.3) is 5.65 Å². The zero-order valence-corrected chi connectivity index (χ0v) is 8.89. The number of nitriles is 1. The molecule has 0 radical (unpaired) electrons. The number of hydrogen-bond donors (Lipinski definition) is 2. The molecule has 0 aliphatic rings. The van der Waals surface area contributed by atoms with E-state index in [-0.39, 0.29) is 28.9 Å². The number of aromatic nitrogens is 3. The minimum absolute atomic E-state index is 0.0344. The third kappa shape index (κ3) is 1.47. The Labute approximate surface area is 94.9 Å². The normalized spacial score (nSPS) is 10.4. The molecule has 17 heavy (non-hydrogen) atoms. The molecule has 0 atom stereocenters. The number of rotatable bonds is 2. The number of nitrogens with zero attached hydrogens (tertiary/aromatic N) is 3. The van der Waals surface area contributed by atoms with E-state index < -0.39 is 11.5 Å².